The van der Waals surface area contributed by atoms with E-state index in [0.29, 0.717) is 29.6 Å². The number of carbonyl (C=O) groups is 1. The number of hydrazine groups is 1. The molecule has 1 amide bonds. The van der Waals surface area contributed by atoms with Crippen molar-refractivity contribution < 1.29 is 18.8 Å². The van der Waals surface area contributed by atoms with E-state index in [1.165, 1.54) is 11.1 Å². The number of amides is 1. The number of rotatable bonds is 4. The van der Waals surface area contributed by atoms with Gasteiger partial charge in [-0.05, 0) is 37.1 Å². The van der Waals surface area contributed by atoms with Crippen molar-refractivity contribution in [3.05, 3.63) is 71.9 Å². The van der Waals surface area contributed by atoms with Gasteiger partial charge in [0.1, 0.15) is 12.6 Å². The number of aromatic nitrogens is 2. The van der Waals surface area contributed by atoms with Crippen LogP contribution in [0.15, 0.2) is 59.4 Å². The monoisotopic (exact) mass is 431 g/mol. The van der Waals surface area contributed by atoms with Crippen molar-refractivity contribution in [3.8, 4) is 22.9 Å². The number of hydrogen-bond acceptors (Lipinski definition) is 8. The molecule has 3 aromatic rings. The zero-order valence-electron chi connectivity index (χ0n) is 17.4. The molecule has 0 saturated carbocycles. The number of nitrogens with one attached hydrogen (secondary N) is 1. The van der Waals surface area contributed by atoms with Gasteiger partial charge in [0.2, 0.25) is 18.5 Å². The number of fused-ring (bicyclic) bond motifs is 2. The Bertz CT molecular complexity index is 1210. The molecule has 1 saturated heterocycles. The second-order valence-electron chi connectivity index (χ2n) is 8.10. The molecule has 0 spiro atoms. The van der Waals surface area contributed by atoms with E-state index in [-0.39, 0.29) is 31.3 Å². The second kappa shape index (κ2) is 7.38. The topological polar surface area (TPSA) is 93.0 Å². The highest BCUT2D eigenvalue weighted by atomic mass is 16.7. The molecule has 162 valence electrons. The summed E-state index contributed by atoms with van der Waals surface area (Å²) in [5.74, 6) is 2.15. The molecule has 0 radical (unpaired) electrons. The minimum absolute atomic E-state index is 0.00237. The first-order valence-electron chi connectivity index (χ1n) is 10.5. The summed E-state index contributed by atoms with van der Waals surface area (Å²) in [6.07, 6.45) is 4.32. The fourth-order valence-electron chi connectivity index (χ4n) is 4.20. The van der Waals surface area contributed by atoms with Crippen molar-refractivity contribution in [2.75, 3.05) is 6.79 Å². The zero-order chi connectivity index (χ0) is 21.7. The highest BCUT2D eigenvalue weighted by Gasteiger charge is 2.40. The smallest absolute Gasteiger partial charge is 0.251 e. The van der Waals surface area contributed by atoms with Gasteiger partial charge in [-0.25, -0.2) is 5.43 Å². The van der Waals surface area contributed by atoms with Crippen molar-refractivity contribution >= 4 is 5.91 Å². The van der Waals surface area contributed by atoms with E-state index in [1.807, 2.05) is 29.4 Å². The van der Waals surface area contributed by atoms with E-state index >= 15 is 0 Å². The number of hydrogen-bond donors (Lipinski definition) is 1. The van der Waals surface area contributed by atoms with Crippen LogP contribution in [0, 0.1) is 6.92 Å². The molecule has 9 heteroatoms. The lowest BCUT2D eigenvalue weighted by atomic mass is 10.00. The molecule has 2 unspecified atom stereocenters. The number of ether oxygens (including phenoxy) is 2. The molecule has 1 aromatic heterocycles. The molecule has 1 N–H and O–H groups in total. The lowest BCUT2D eigenvalue weighted by molar-refractivity contribution is -0.135. The van der Waals surface area contributed by atoms with E-state index in [1.54, 1.807) is 11.1 Å². The fourth-order valence-corrected chi connectivity index (χ4v) is 4.20. The van der Waals surface area contributed by atoms with Crippen LogP contribution >= 0.6 is 0 Å². The van der Waals surface area contributed by atoms with Gasteiger partial charge in [0, 0.05) is 18.0 Å². The molecule has 1 fully saturated rings. The van der Waals surface area contributed by atoms with Crippen LogP contribution in [0.5, 0.6) is 11.5 Å². The molecule has 2 atom stereocenters. The second-order valence-corrected chi connectivity index (χ2v) is 8.10. The Morgan fingerprint density at radius 1 is 1.09 bits per heavy atom. The van der Waals surface area contributed by atoms with Gasteiger partial charge < -0.3 is 23.9 Å². The van der Waals surface area contributed by atoms with E-state index < -0.39 is 0 Å². The van der Waals surface area contributed by atoms with Gasteiger partial charge >= 0.3 is 0 Å². The van der Waals surface area contributed by atoms with E-state index in [0.717, 1.165) is 5.56 Å². The first-order valence-corrected chi connectivity index (χ1v) is 10.5. The molecule has 32 heavy (non-hydrogen) atoms. The average molecular weight is 431 g/mol. The molecule has 6 rings (SSSR count). The standard InChI is InChI=1S/C23H21N5O4/c1-14-2-4-15(5-3-14)17-11-18-23(29)27(8-9-28(18)25-17)12-21-24-22(26-32-21)16-6-7-19-20(10-16)31-13-30-19/h2-10,17-18,25H,11-13H2,1H3. The van der Waals surface area contributed by atoms with E-state index in [9.17, 15) is 4.79 Å². The summed E-state index contributed by atoms with van der Waals surface area (Å²) in [6, 6.07) is 13.7. The maximum absolute atomic E-state index is 13.1. The van der Waals surface area contributed by atoms with Gasteiger partial charge in [0.25, 0.3) is 5.91 Å². The Morgan fingerprint density at radius 2 is 1.94 bits per heavy atom. The maximum atomic E-state index is 13.1. The van der Waals surface area contributed by atoms with Crippen molar-refractivity contribution in [2.24, 2.45) is 0 Å². The van der Waals surface area contributed by atoms with E-state index in [4.69, 9.17) is 14.0 Å². The number of carbonyl (C=O) groups excluding carboxylic acids is 1. The minimum Gasteiger partial charge on any atom is -0.454 e. The molecule has 4 heterocycles. The van der Waals surface area contributed by atoms with Gasteiger partial charge in [0.15, 0.2) is 11.5 Å². The molecule has 9 nitrogen and oxygen atoms in total. The molecule has 2 aromatic carbocycles. The predicted molar refractivity (Wildman–Crippen MR) is 113 cm³/mol. The third kappa shape index (κ3) is 3.27. The van der Waals surface area contributed by atoms with Crippen molar-refractivity contribution in [1.82, 2.24) is 25.5 Å². The largest absolute Gasteiger partial charge is 0.454 e. The van der Waals surface area contributed by atoms with Crippen LogP contribution in [0.25, 0.3) is 11.4 Å². The van der Waals surface area contributed by atoms with Crippen molar-refractivity contribution in [2.45, 2.75) is 32.0 Å². The van der Waals surface area contributed by atoms with Gasteiger partial charge in [-0.3, -0.25) is 4.79 Å². The summed E-state index contributed by atoms with van der Waals surface area (Å²) >= 11 is 0. The summed E-state index contributed by atoms with van der Waals surface area (Å²) in [6.45, 7) is 2.48. The third-order valence-corrected chi connectivity index (χ3v) is 5.96. The number of nitrogens with zero attached hydrogens (tertiary/aromatic N) is 4. The Labute approximate surface area is 184 Å². The van der Waals surface area contributed by atoms with Gasteiger partial charge in [-0.2, -0.15) is 4.98 Å². The first kappa shape index (κ1) is 18.9. The fraction of sp³-hybridized carbons (Fsp3) is 0.261. The molecule has 3 aliphatic heterocycles. The van der Waals surface area contributed by atoms with Crippen molar-refractivity contribution in [3.63, 3.8) is 0 Å². The Kier molecular flexibility index (Phi) is 4.36. The summed E-state index contributed by atoms with van der Waals surface area (Å²) in [7, 11) is 0. The SMILES string of the molecule is Cc1ccc(C2CC3C(=O)N(Cc4nc(-c5ccc6c(c5)OCO6)no4)C=CN3N2)cc1. The summed E-state index contributed by atoms with van der Waals surface area (Å²) in [5, 5.41) is 5.94. The van der Waals surface area contributed by atoms with E-state index in [2.05, 4.69) is 46.8 Å². The quantitative estimate of drug-likeness (QED) is 0.674. The van der Waals surface area contributed by atoms with Gasteiger partial charge in [-0.1, -0.05) is 35.0 Å². The van der Waals surface area contributed by atoms with Crippen molar-refractivity contribution in [1.29, 1.82) is 0 Å². The van der Waals surface area contributed by atoms with Crippen LogP contribution in [0.2, 0.25) is 0 Å². The van der Waals surface area contributed by atoms with Crippen LogP contribution in [0.1, 0.15) is 29.5 Å². The van der Waals surface area contributed by atoms with Crippen LogP contribution < -0.4 is 14.9 Å². The summed E-state index contributed by atoms with van der Waals surface area (Å²) in [4.78, 5) is 19.2. The number of aryl methyl sites for hydroxylation is 1. The minimum atomic E-state index is -0.275. The van der Waals surface area contributed by atoms with Gasteiger partial charge in [-0.15, -0.1) is 0 Å². The Morgan fingerprint density at radius 3 is 2.81 bits per heavy atom. The average Bonchev–Trinajstić information content (AvgIpc) is 3.55. The molecular weight excluding hydrogens is 410 g/mol. The molecule has 3 aliphatic rings. The zero-order valence-corrected chi connectivity index (χ0v) is 17.4. The summed E-state index contributed by atoms with van der Waals surface area (Å²) in [5.41, 5.74) is 6.56. The van der Waals surface area contributed by atoms with Crippen LogP contribution in [0.3, 0.4) is 0 Å². The number of benzene rings is 2. The predicted octanol–water partition coefficient (Wildman–Crippen LogP) is 2.91. The Hall–Kier alpha value is -3.85. The Balaban J connectivity index is 1.15. The molecular formula is C23H21N5O4. The maximum Gasteiger partial charge on any atom is 0.251 e. The third-order valence-electron chi connectivity index (χ3n) is 5.96. The van der Waals surface area contributed by atoms with Crippen LogP contribution in [-0.2, 0) is 11.3 Å². The lowest BCUT2D eigenvalue weighted by Gasteiger charge is -2.30. The molecule has 0 bridgehead atoms. The summed E-state index contributed by atoms with van der Waals surface area (Å²) < 4.78 is 16.2. The van der Waals surface area contributed by atoms with Crippen LogP contribution in [0.4, 0.5) is 0 Å². The first-order chi connectivity index (χ1) is 15.6. The molecule has 0 aliphatic carbocycles. The van der Waals surface area contributed by atoms with Crippen LogP contribution in [-0.4, -0.2) is 38.8 Å². The highest BCUT2D eigenvalue weighted by Crippen LogP contribution is 2.35. The highest BCUT2D eigenvalue weighted by molar-refractivity contribution is 5.84. The normalized spacial score (nSPS) is 21.3. The van der Waals surface area contributed by atoms with Gasteiger partial charge in [0.05, 0.1) is 6.04 Å². The lowest BCUT2D eigenvalue weighted by Crippen LogP contribution is -2.47.